The smallest absolute Gasteiger partial charge is 0.242 e. The maximum absolute atomic E-state index is 12.9. The number of carbonyl (C=O) groups is 1. The van der Waals surface area contributed by atoms with Crippen molar-refractivity contribution < 1.29 is 4.79 Å². The van der Waals surface area contributed by atoms with Crippen molar-refractivity contribution in [2.45, 2.75) is 37.0 Å². The van der Waals surface area contributed by atoms with E-state index in [1.165, 1.54) is 25.6 Å². The monoisotopic (exact) mass is 346 g/mol. The van der Waals surface area contributed by atoms with Crippen LogP contribution in [-0.4, -0.2) is 67.9 Å². The van der Waals surface area contributed by atoms with E-state index in [2.05, 4.69) is 24.8 Å². The van der Waals surface area contributed by atoms with Crippen LogP contribution in [-0.2, 0) is 4.79 Å². The zero-order chi connectivity index (χ0) is 16.5. The summed E-state index contributed by atoms with van der Waals surface area (Å²) in [6.45, 7) is 1.20. The summed E-state index contributed by atoms with van der Waals surface area (Å²) >= 11 is 2.05. The Hall–Kier alpha value is -1.83. The number of nitrogens with one attached hydrogen (secondary N) is 1. The molecule has 3 heterocycles. The number of anilines is 1. The molecule has 0 radical (unpaired) electrons. The number of rotatable bonds is 3. The van der Waals surface area contributed by atoms with Crippen LogP contribution in [0.4, 0.5) is 5.82 Å². The van der Waals surface area contributed by atoms with Gasteiger partial charge in [0.05, 0.1) is 12.9 Å². The lowest BCUT2D eigenvalue weighted by atomic mass is 9.93. The standard InChI is InChI=1S/C16H22N6OS/c1-21(16-14-15(18-9-17-14)19-10-20-16)8-13(23)22-6-7-24-12-5-3-2-4-11(12)22/h9-12H,2-8H2,1H3,(H,17,18,19,20)/t11-,12+/m0/s1. The number of hydrogen-bond acceptors (Lipinski definition) is 6. The lowest BCUT2D eigenvalue weighted by Gasteiger charge is -2.44. The predicted octanol–water partition coefficient (Wildman–Crippen LogP) is 1.68. The molecule has 0 spiro atoms. The van der Waals surface area contributed by atoms with E-state index in [0.717, 1.165) is 30.1 Å². The Balaban J connectivity index is 1.50. The Morgan fingerprint density at radius 2 is 2.25 bits per heavy atom. The van der Waals surface area contributed by atoms with E-state index >= 15 is 0 Å². The highest BCUT2D eigenvalue weighted by Gasteiger charge is 2.36. The number of likely N-dealkylation sites (N-methyl/N-ethyl adjacent to an activating group) is 1. The molecule has 4 rings (SSSR count). The number of amides is 1. The first kappa shape index (κ1) is 15.7. The first-order valence-electron chi connectivity index (χ1n) is 8.50. The molecule has 2 aromatic rings. The van der Waals surface area contributed by atoms with Gasteiger partial charge in [-0.2, -0.15) is 11.8 Å². The number of aromatic amines is 1. The first-order valence-corrected chi connectivity index (χ1v) is 9.55. The van der Waals surface area contributed by atoms with Crippen LogP contribution >= 0.6 is 11.8 Å². The minimum atomic E-state index is 0.195. The second-order valence-corrected chi connectivity index (χ2v) is 7.85. The zero-order valence-corrected chi connectivity index (χ0v) is 14.6. The number of nitrogens with zero attached hydrogens (tertiary/aromatic N) is 5. The molecule has 1 aliphatic heterocycles. The highest BCUT2D eigenvalue weighted by molar-refractivity contribution is 8.00. The van der Waals surface area contributed by atoms with E-state index in [0.29, 0.717) is 23.5 Å². The summed E-state index contributed by atoms with van der Waals surface area (Å²) in [6, 6.07) is 0.413. The van der Waals surface area contributed by atoms with E-state index in [9.17, 15) is 4.79 Å². The zero-order valence-electron chi connectivity index (χ0n) is 13.8. The summed E-state index contributed by atoms with van der Waals surface area (Å²) in [6.07, 6.45) is 8.03. The summed E-state index contributed by atoms with van der Waals surface area (Å²) in [5.74, 6) is 1.97. The van der Waals surface area contributed by atoms with Gasteiger partial charge in [-0.25, -0.2) is 15.0 Å². The summed E-state index contributed by atoms with van der Waals surface area (Å²) in [7, 11) is 1.90. The predicted molar refractivity (Wildman–Crippen MR) is 95.2 cm³/mol. The lowest BCUT2D eigenvalue weighted by Crippen LogP contribution is -2.54. The third-order valence-corrected chi connectivity index (χ3v) is 6.39. The number of thioether (sulfide) groups is 1. The Kier molecular flexibility index (Phi) is 4.30. The third-order valence-electron chi connectivity index (χ3n) is 4.99. The highest BCUT2D eigenvalue weighted by atomic mass is 32.2. The van der Waals surface area contributed by atoms with Crippen molar-refractivity contribution in [3.8, 4) is 0 Å². The van der Waals surface area contributed by atoms with Gasteiger partial charge >= 0.3 is 0 Å². The molecule has 7 nitrogen and oxygen atoms in total. The molecule has 1 N–H and O–H groups in total. The Bertz CT molecular complexity index is 732. The summed E-state index contributed by atoms with van der Waals surface area (Å²) in [5, 5.41) is 0.625. The fourth-order valence-electron chi connectivity index (χ4n) is 3.82. The first-order chi connectivity index (χ1) is 11.7. The quantitative estimate of drug-likeness (QED) is 0.911. The van der Waals surface area contributed by atoms with Crippen molar-refractivity contribution in [3.05, 3.63) is 12.7 Å². The number of imidazole rings is 1. The van der Waals surface area contributed by atoms with E-state index < -0.39 is 0 Å². The average molecular weight is 346 g/mol. The van der Waals surface area contributed by atoms with Crippen LogP contribution in [0, 0.1) is 0 Å². The molecule has 2 fully saturated rings. The molecule has 2 aliphatic rings. The van der Waals surface area contributed by atoms with Gasteiger partial charge in [0, 0.05) is 30.6 Å². The fourth-order valence-corrected chi connectivity index (χ4v) is 5.26. The van der Waals surface area contributed by atoms with Gasteiger partial charge in [0.25, 0.3) is 0 Å². The van der Waals surface area contributed by atoms with Crippen LogP contribution < -0.4 is 4.90 Å². The van der Waals surface area contributed by atoms with Crippen molar-refractivity contribution in [1.29, 1.82) is 0 Å². The minimum absolute atomic E-state index is 0.195. The molecule has 1 saturated heterocycles. The second kappa shape index (κ2) is 6.58. The summed E-state index contributed by atoms with van der Waals surface area (Å²) < 4.78 is 0. The van der Waals surface area contributed by atoms with Crippen LogP contribution in [0.1, 0.15) is 25.7 Å². The Morgan fingerprint density at radius 1 is 1.38 bits per heavy atom. The van der Waals surface area contributed by atoms with Gasteiger partial charge in [0.1, 0.15) is 11.8 Å². The molecule has 2 atom stereocenters. The molecule has 24 heavy (non-hydrogen) atoms. The number of fused-ring (bicyclic) bond motifs is 2. The van der Waals surface area contributed by atoms with Gasteiger partial charge in [0.15, 0.2) is 11.5 Å². The minimum Gasteiger partial charge on any atom is -0.348 e. The van der Waals surface area contributed by atoms with Gasteiger partial charge in [0.2, 0.25) is 5.91 Å². The van der Waals surface area contributed by atoms with Gasteiger partial charge < -0.3 is 14.8 Å². The molecule has 0 bridgehead atoms. The molecule has 0 aromatic carbocycles. The van der Waals surface area contributed by atoms with Crippen molar-refractivity contribution in [2.24, 2.45) is 0 Å². The van der Waals surface area contributed by atoms with Gasteiger partial charge in [-0.3, -0.25) is 4.79 Å². The molecule has 0 unspecified atom stereocenters. The van der Waals surface area contributed by atoms with Crippen LogP contribution in [0.15, 0.2) is 12.7 Å². The van der Waals surface area contributed by atoms with E-state index in [1.807, 2.05) is 23.7 Å². The van der Waals surface area contributed by atoms with Crippen LogP contribution in [0.5, 0.6) is 0 Å². The van der Waals surface area contributed by atoms with Gasteiger partial charge in [-0.15, -0.1) is 0 Å². The van der Waals surface area contributed by atoms with E-state index in [-0.39, 0.29) is 5.91 Å². The number of carbonyl (C=O) groups excluding carboxylic acids is 1. The van der Waals surface area contributed by atoms with E-state index in [4.69, 9.17) is 0 Å². The van der Waals surface area contributed by atoms with Crippen molar-refractivity contribution in [1.82, 2.24) is 24.8 Å². The summed E-state index contributed by atoms with van der Waals surface area (Å²) in [4.78, 5) is 32.6. The van der Waals surface area contributed by atoms with Gasteiger partial charge in [-0.05, 0) is 12.8 Å². The Morgan fingerprint density at radius 3 is 3.17 bits per heavy atom. The maximum atomic E-state index is 12.9. The van der Waals surface area contributed by atoms with Crippen molar-refractivity contribution in [2.75, 3.05) is 30.8 Å². The molecule has 1 aliphatic carbocycles. The number of hydrogen-bond donors (Lipinski definition) is 1. The maximum Gasteiger partial charge on any atom is 0.242 e. The average Bonchev–Trinajstić information content (AvgIpc) is 3.09. The highest BCUT2D eigenvalue weighted by Crippen LogP contribution is 2.35. The normalized spacial score (nSPS) is 24.0. The molecular formula is C16H22N6OS. The second-order valence-electron chi connectivity index (χ2n) is 6.50. The molecule has 1 amide bonds. The number of aromatic nitrogens is 4. The van der Waals surface area contributed by atoms with Crippen molar-refractivity contribution >= 4 is 34.7 Å². The third kappa shape index (κ3) is 2.83. The summed E-state index contributed by atoms with van der Waals surface area (Å²) in [5.41, 5.74) is 1.40. The molecule has 2 aromatic heterocycles. The molecule has 8 heteroatoms. The van der Waals surface area contributed by atoms with Gasteiger partial charge in [-0.1, -0.05) is 12.8 Å². The van der Waals surface area contributed by atoms with E-state index in [1.54, 1.807) is 6.33 Å². The van der Waals surface area contributed by atoms with Crippen LogP contribution in [0.25, 0.3) is 11.2 Å². The topological polar surface area (TPSA) is 78.0 Å². The fraction of sp³-hybridized carbons (Fsp3) is 0.625. The lowest BCUT2D eigenvalue weighted by molar-refractivity contribution is -0.132. The van der Waals surface area contributed by atoms with Crippen molar-refractivity contribution in [3.63, 3.8) is 0 Å². The molecule has 128 valence electrons. The molecular weight excluding hydrogens is 324 g/mol. The number of H-pyrrole nitrogens is 1. The van der Waals surface area contributed by atoms with Crippen LogP contribution in [0.3, 0.4) is 0 Å². The SMILES string of the molecule is CN(CC(=O)N1CCS[C@@H]2CCCC[C@@H]21)c1ncnc2nc[nH]c12. The largest absolute Gasteiger partial charge is 0.348 e. The van der Waals surface area contributed by atoms with Crippen LogP contribution in [0.2, 0.25) is 0 Å². The Labute approximate surface area is 145 Å². The molecule has 1 saturated carbocycles.